The van der Waals surface area contributed by atoms with Crippen LogP contribution in [-0.2, 0) is 11.2 Å². The van der Waals surface area contributed by atoms with E-state index in [4.69, 9.17) is 11.6 Å². The summed E-state index contributed by atoms with van der Waals surface area (Å²) in [5.74, 6) is -0.158. The Balaban J connectivity index is 1.97. The van der Waals surface area contributed by atoms with Crippen LogP contribution in [0.4, 0.5) is 5.69 Å². The van der Waals surface area contributed by atoms with E-state index in [-0.39, 0.29) is 5.91 Å². The molecule has 128 valence electrons. The van der Waals surface area contributed by atoms with E-state index in [1.54, 1.807) is 4.90 Å². The van der Waals surface area contributed by atoms with E-state index in [1.807, 2.05) is 49.6 Å². The van der Waals surface area contributed by atoms with Crippen LogP contribution in [0.2, 0.25) is 5.02 Å². The van der Waals surface area contributed by atoms with Gasteiger partial charge in [-0.15, -0.1) is 0 Å². The molecule has 0 saturated heterocycles. The summed E-state index contributed by atoms with van der Waals surface area (Å²) in [6, 6.07) is 13.8. The summed E-state index contributed by atoms with van der Waals surface area (Å²) >= 11 is 7.79. The molecule has 0 N–H and O–H groups in total. The fourth-order valence-electron chi connectivity index (χ4n) is 2.65. The number of halogens is 1. The number of carbonyl (C=O) groups is 1. The van der Waals surface area contributed by atoms with Crippen molar-refractivity contribution < 1.29 is 4.79 Å². The molecule has 0 fully saturated rings. The maximum absolute atomic E-state index is 12.9. The Labute approximate surface area is 157 Å². The summed E-state index contributed by atoms with van der Waals surface area (Å²) in [4.78, 5) is 19.0. The van der Waals surface area contributed by atoms with Gasteiger partial charge in [0.2, 0.25) is 0 Å². The van der Waals surface area contributed by atoms with Crippen molar-refractivity contribution in [2.45, 2.75) is 20.3 Å². The van der Waals surface area contributed by atoms with Gasteiger partial charge >= 0.3 is 0 Å². The molecule has 1 amide bonds. The minimum atomic E-state index is -0.158. The van der Waals surface area contributed by atoms with Crippen LogP contribution in [0.25, 0.3) is 6.08 Å². The highest BCUT2D eigenvalue weighted by Crippen LogP contribution is 2.33. The van der Waals surface area contributed by atoms with Gasteiger partial charge in [-0.2, -0.15) is 0 Å². The van der Waals surface area contributed by atoms with E-state index < -0.39 is 0 Å². The van der Waals surface area contributed by atoms with Crippen LogP contribution in [0, 0.1) is 6.92 Å². The number of aliphatic imine (C=N–C) groups is 1. The highest BCUT2D eigenvalue weighted by atomic mass is 35.5. The van der Waals surface area contributed by atoms with Crippen LogP contribution in [0.15, 0.2) is 53.2 Å². The normalized spacial score (nSPS) is 15.8. The predicted molar refractivity (Wildman–Crippen MR) is 108 cm³/mol. The zero-order chi connectivity index (χ0) is 18.0. The Bertz CT molecular complexity index is 872. The van der Waals surface area contributed by atoms with Crippen LogP contribution in [0.5, 0.6) is 0 Å². The van der Waals surface area contributed by atoms with Crippen LogP contribution in [0.3, 0.4) is 0 Å². The average Bonchev–Trinajstić information content (AvgIpc) is 2.91. The molecule has 0 bridgehead atoms. The van der Waals surface area contributed by atoms with Crippen molar-refractivity contribution in [2.75, 3.05) is 11.2 Å². The number of nitrogens with zero attached hydrogens (tertiary/aromatic N) is 2. The summed E-state index contributed by atoms with van der Waals surface area (Å²) in [6.45, 7) is 4.09. The fraction of sp³-hybridized carbons (Fsp3) is 0.200. The molecule has 0 unspecified atom stereocenters. The van der Waals surface area contributed by atoms with Gasteiger partial charge in [-0.05, 0) is 54.5 Å². The molecule has 0 spiro atoms. The fourth-order valence-corrected chi connectivity index (χ4v) is 3.52. The smallest absolute Gasteiger partial charge is 0.266 e. The van der Waals surface area contributed by atoms with Crippen molar-refractivity contribution in [3.8, 4) is 0 Å². The highest BCUT2D eigenvalue weighted by Gasteiger charge is 2.32. The molecule has 25 heavy (non-hydrogen) atoms. The van der Waals surface area contributed by atoms with E-state index >= 15 is 0 Å². The number of anilines is 1. The number of amidine groups is 1. The SMILES string of the molecule is CCc1ccc(/C=C2/N=C(SC)N(c3ccc(C)cc3Cl)C2=O)cc1. The molecule has 0 saturated carbocycles. The van der Waals surface area contributed by atoms with E-state index in [2.05, 4.69) is 24.0 Å². The van der Waals surface area contributed by atoms with Crippen LogP contribution < -0.4 is 4.90 Å². The Morgan fingerprint density at radius 1 is 1.20 bits per heavy atom. The number of hydrogen-bond acceptors (Lipinski definition) is 3. The molecule has 1 aliphatic heterocycles. The zero-order valence-electron chi connectivity index (χ0n) is 14.4. The number of amides is 1. The van der Waals surface area contributed by atoms with Crippen molar-refractivity contribution in [1.29, 1.82) is 0 Å². The zero-order valence-corrected chi connectivity index (χ0v) is 16.0. The molecule has 0 radical (unpaired) electrons. The predicted octanol–water partition coefficient (Wildman–Crippen LogP) is 5.32. The number of rotatable bonds is 3. The molecule has 0 aromatic heterocycles. The third-order valence-electron chi connectivity index (χ3n) is 4.05. The number of carbonyl (C=O) groups excluding carboxylic acids is 1. The standard InChI is InChI=1S/C20H19ClN2OS/c1-4-14-6-8-15(9-7-14)12-17-19(24)23(20(22-17)25-3)18-10-5-13(2)11-16(18)21/h5-12H,4H2,1-3H3/b17-12+. The van der Waals surface area contributed by atoms with Crippen molar-refractivity contribution >= 4 is 46.2 Å². The third kappa shape index (κ3) is 3.65. The Hall–Kier alpha value is -2.04. The summed E-state index contributed by atoms with van der Waals surface area (Å²) in [7, 11) is 0. The van der Waals surface area contributed by atoms with Crippen LogP contribution in [-0.4, -0.2) is 17.3 Å². The summed E-state index contributed by atoms with van der Waals surface area (Å²) in [6.07, 6.45) is 4.71. The number of aryl methyl sites for hydroxylation is 2. The van der Waals surface area contributed by atoms with Crippen molar-refractivity contribution in [3.05, 3.63) is 69.9 Å². The molecular formula is C20H19ClN2OS. The average molecular weight is 371 g/mol. The minimum Gasteiger partial charge on any atom is -0.266 e. The first-order valence-corrected chi connectivity index (χ1v) is 9.67. The summed E-state index contributed by atoms with van der Waals surface area (Å²) < 4.78 is 0. The van der Waals surface area contributed by atoms with Gasteiger partial charge in [0.25, 0.3) is 5.91 Å². The van der Waals surface area contributed by atoms with Crippen LogP contribution >= 0.6 is 23.4 Å². The molecule has 2 aromatic rings. The lowest BCUT2D eigenvalue weighted by atomic mass is 10.1. The van der Waals surface area contributed by atoms with Gasteiger partial charge in [0.05, 0.1) is 10.7 Å². The molecule has 1 aliphatic rings. The van der Waals surface area contributed by atoms with Gasteiger partial charge in [-0.1, -0.05) is 60.6 Å². The van der Waals surface area contributed by atoms with Crippen molar-refractivity contribution in [3.63, 3.8) is 0 Å². The minimum absolute atomic E-state index is 0.158. The first-order valence-electron chi connectivity index (χ1n) is 8.07. The van der Waals surface area contributed by atoms with Gasteiger partial charge in [-0.3, -0.25) is 9.69 Å². The molecular weight excluding hydrogens is 352 g/mol. The monoisotopic (exact) mass is 370 g/mol. The number of hydrogen-bond donors (Lipinski definition) is 0. The molecule has 2 aromatic carbocycles. The topological polar surface area (TPSA) is 32.7 Å². The molecule has 0 atom stereocenters. The lowest BCUT2D eigenvalue weighted by molar-refractivity contribution is -0.113. The summed E-state index contributed by atoms with van der Waals surface area (Å²) in [5, 5.41) is 1.18. The maximum atomic E-state index is 12.9. The molecule has 5 heteroatoms. The lowest BCUT2D eigenvalue weighted by Gasteiger charge is -2.18. The highest BCUT2D eigenvalue weighted by molar-refractivity contribution is 8.13. The Morgan fingerprint density at radius 2 is 1.92 bits per heavy atom. The Kier molecular flexibility index (Phi) is 5.30. The largest absolute Gasteiger partial charge is 0.283 e. The van der Waals surface area contributed by atoms with Crippen molar-refractivity contribution in [2.24, 2.45) is 4.99 Å². The maximum Gasteiger partial charge on any atom is 0.283 e. The molecule has 1 heterocycles. The first-order chi connectivity index (χ1) is 12.0. The second-order valence-electron chi connectivity index (χ2n) is 5.82. The number of thioether (sulfide) groups is 1. The number of benzene rings is 2. The van der Waals surface area contributed by atoms with E-state index in [0.29, 0.717) is 21.6 Å². The van der Waals surface area contributed by atoms with E-state index in [1.165, 1.54) is 17.3 Å². The molecule has 0 aliphatic carbocycles. The summed E-state index contributed by atoms with van der Waals surface area (Å²) in [5.41, 5.74) is 4.36. The van der Waals surface area contributed by atoms with E-state index in [0.717, 1.165) is 17.5 Å². The van der Waals surface area contributed by atoms with Gasteiger partial charge < -0.3 is 0 Å². The second kappa shape index (κ2) is 7.46. The Morgan fingerprint density at radius 3 is 2.52 bits per heavy atom. The molecule has 3 nitrogen and oxygen atoms in total. The van der Waals surface area contributed by atoms with E-state index in [9.17, 15) is 4.79 Å². The van der Waals surface area contributed by atoms with Gasteiger partial charge in [0.15, 0.2) is 5.17 Å². The van der Waals surface area contributed by atoms with Crippen molar-refractivity contribution in [1.82, 2.24) is 0 Å². The molecule has 3 rings (SSSR count). The quantitative estimate of drug-likeness (QED) is 0.685. The van der Waals surface area contributed by atoms with Gasteiger partial charge in [0, 0.05) is 0 Å². The second-order valence-corrected chi connectivity index (χ2v) is 7.00. The third-order valence-corrected chi connectivity index (χ3v) is 4.99. The van der Waals surface area contributed by atoms with Gasteiger partial charge in [-0.25, -0.2) is 4.99 Å². The lowest BCUT2D eigenvalue weighted by Crippen LogP contribution is -2.30. The van der Waals surface area contributed by atoms with Gasteiger partial charge in [0.1, 0.15) is 5.70 Å². The van der Waals surface area contributed by atoms with Crippen LogP contribution in [0.1, 0.15) is 23.6 Å². The first kappa shape index (κ1) is 17.8.